The van der Waals surface area contributed by atoms with Crippen LogP contribution in [0.5, 0.6) is 0 Å². The molecule has 0 saturated carbocycles. The van der Waals surface area contributed by atoms with E-state index in [4.69, 9.17) is 9.57 Å². The molecule has 0 atom stereocenters. The molecule has 0 aliphatic heterocycles. The molecule has 0 saturated heterocycles. The molecule has 0 aromatic carbocycles. The van der Waals surface area contributed by atoms with Gasteiger partial charge in [-0.3, -0.25) is 0 Å². The number of hydrogen-bond acceptors (Lipinski definition) is 4. The summed E-state index contributed by atoms with van der Waals surface area (Å²) in [4.78, 5) is 28.4. The molecular formula is C37H72NNaO4. The molecule has 0 unspecified atom stereocenters. The van der Waals surface area contributed by atoms with Gasteiger partial charge < -0.3 is 11.0 Å². The first-order valence-electron chi connectivity index (χ1n) is 18.5. The Bertz CT molecular complexity index is 606. The fourth-order valence-electron chi connectivity index (χ4n) is 5.33. The van der Waals surface area contributed by atoms with Gasteiger partial charge in [0, 0.05) is 6.42 Å². The number of unbranched alkanes of at least 4 members (excludes halogenated alkanes) is 26. The van der Waals surface area contributed by atoms with Crippen molar-refractivity contribution in [3.8, 4) is 0 Å². The second-order valence-corrected chi connectivity index (χ2v) is 12.3. The van der Waals surface area contributed by atoms with Crippen LogP contribution in [0.2, 0.25) is 0 Å². The second kappa shape index (κ2) is 39.5. The van der Waals surface area contributed by atoms with Gasteiger partial charge in [-0.15, -0.1) is 5.48 Å². The molecule has 0 aromatic rings. The van der Waals surface area contributed by atoms with E-state index in [1.807, 2.05) is 0 Å². The Morgan fingerprint density at radius 3 is 1.28 bits per heavy atom. The van der Waals surface area contributed by atoms with E-state index < -0.39 is 12.1 Å². The van der Waals surface area contributed by atoms with E-state index in [1.54, 1.807) is 0 Å². The summed E-state index contributed by atoms with van der Waals surface area (Å²) < 4.78 is 5.11. The average molecular weight is 618 g/mol. The maximum absolute atomic E-state index is 11.8. The normalized spacial score (nSPS) is 11.0. The van der Waals surface area contributed by atoms with Gasteiger partial charge in [0.1, 0.15) is 0 Å². The molecular weight excluding hydrogens is 545 g/mol. The summed E-state index contributed by atoms with van der Waals surface area (Å²) in [7, 11) is 0. The van der Waals surface area contributed by atoms with Crippen molar-refractivity contribution in [2.75, 3.05) is 6.61 Å². The fraction of sp³-hybridized carbons (Fsp3) is 0.892. The van der Waals surface area contributed by atoms with E-state index in [-0.39, 0.29) is 31.0 Å². The Kier molecular flexibility index (Phi) is 41.0. The predicted octanol–water partition coefficient (Wildman–Crippen LogP) is 9.59. The molecule has 0 rings (SSSR count). The Morgan fingerprint density at radius 1 is 0.512 bits per heavy atom. The van der Waals surface area contributed by atoms with Crippen LogP contribution in [0, 0.1) is 0 Å². The Labute approximate surface area is 291 Å². The third-order valence-corrected chi connectivity index (χ3v) is 8.12. The number of hydroxylamine groups is 1. The molecule has 0 heterocycles. The van der Waals surface area contributed by atoms with Crippen molar-refractivity contribution in [3.05, 3.63) is 12.2 Å². The number of allylic oxidation sites excluding steroid dienone is 2. The van der Waals surface area contributed by atoms with Crippen LogP contribution in [-0.4, -0.2) is 18.7 Å². The quantitative estimate of drug-likeness (QED) is 0.0353. The second-order valence-electron chi connectivity index (χ2n) is 12.3. The molecule has 250 valence electrons. The number of ether oxygens (including phenoxy) is 1. The van der Waals surface area contributed by atoms with Gasteiger partial charge in [-0.05, 0) is 38.5 Å². The van der Waals surface area contributed by atoms with Gasteiger partial charge in [-0.25, -0.2) is 9.59 Å². The smallest absolute Gasteiger partial charge is 1.00 e. The predicted molar refractivity (Wildman–Crippen MR) is 181 cm³/mol. The first-order chi connectivity index (χ1) is 20.7. The Hall–Kier alpha value is -0.520. The maximum Gasteiger partial charge on any atom is 1.00 e. The zero-order valence-electron chi connectivity index (χ0n) is 30.2. The topological polar surface area (TPSA) is 64.6 Å². The first kappa shape index (κ1) is 44.6. The van der Waals surface area contributed by atoms with Gasteiger partial charge in [0.15, 0.2) is 0 Å². The summed E-state index contributed by atoms with van der Waals surface area (Å²) in [6, 6.07) is 0. The van der Waals surface area contributed by atoms with Gasteiger partial charge in [0.2, 0.25) is 0 Å². The summed E-state index contributed by atoms with van der Waals surface area (Å²) in [5.41, 5.74) is 2.12. The molecule has 1 N–H and O–H groups in total. The number of carbonyl (C=O) groups is 2. The van der Waals surface area contributed by atoms with Crippen LogP contribution in [0.4, 0.5) is 4.79 Å². The minimum atomic E-state index is -0.672. The summed E-state index contributed by atoms with van der Waals surface area (Å²) in [6.45, 7) is 4.91. The standard InChI is InChI=1S/C37H71NO4.Na.H/c1-3-5-7-9-11-13-15-17-19-21-23-25-27-29-31-33-35-41-37(40)38-42-36(39)34-32-30-28-26-24-22-20-18-16-14-12-10-8-6-4-2;;/h18,20H,3-17,19,21-35H2,1-2H3,(H,38,40);;/q;+1;-1/b20-18-;;. The van der Waals surface area contributed by atoms with Crippen molar-refractivity contribution in [1.82, 2.24) is 5.48 Å². The maximum atomic E-state index is 11.8. The number of rotatable bonds is 32. The largest absolute Gasteiger partial charge is 1.00 e. The Balaban J connectivity index is -0.00000840. The molecule has 5 nitrogen and oxygen atoms in total. The molecule has 0 bridgehead atoms. The van der Waals surface area contributed by atoms with Crippen LogP contribution in [0.1, 0.15) is 208 Å². The SMILES string of the molecule is CCCCCCCC/C=C\CCCCCCCC(=O)ONC(=O)OCCCCCCCCCCCCCCCCCC.[H-].[Na+]. The van der Waals surface area contributed by atoms with Gasteiger partial charge in [-0.1, -0.05) is 174 Å². The molecule has 0 aliphatic rings. The molecule has 0 spiro atoms. The van der Waals surface area contributed by atoms with Crippen LogP contribution >= 0.6 is 0 Å². The van der Waals surface area contributed by atoms with E-state index in [2.05, 4.69) is 31.5 Å². The number of nitrogens with one attached hydrogen (secondary N) is 1. The van der Waals surface area contributed by atoms with Crippen molar-refractivity contribution in [1.29, 1.82) is 0 Å². The molecule has 0 radical (unpaired) electrons. The monoisotopic (exact) mass is 618 g/mol. The molecule has 0 aliphatic carbocycles. The molecule has 6 heteroatoms. The molecule has 43 heavy (non-hydrogen) atoms. The number of amides is 1. The summed E-state index contributed by atoms with van der Waals surface area (Å²) >= 11 is 0. The molecule has 0 fully saturated rings. The minimum absolute atomic E-state index is 0. The summed E-state index contributed by atoms with van der Waals surface area (Å²) in [5, 5.41) is 0. The van der Waals surface area contributed by atoms with Gasteiger partial charge in [0.05, 0.1) is 6.61 Å². The van der Waals surface area contributed by atoms with Crippen LogP contribution in [0.3, 0.4) is 0 Å². The van der Waals surface area contributed by atoms with Crippen LogP contribution in [-0.2, 0) is 14.4 Å². The zero-order valence-corrected chi connectivity index (χ0v) is 31.2. The minimum Gasteiger partial charge on any atom is -1.00 e. The Morgan fingerprint density at radius 2 is 0.860 bits per heavy atom. The van der Waals surface area contributed by atoms with Gasteiger partial charge in [0.25, 0.3) is 0 Å². The third-order valence-electron chi connectivity index (χ3n) is 8.12. The van der Waals surface area contributed by atoms with Gasteiger partial charge in [-0.2, -0.15) is 0 Å². The van der Waals surface area contributed by atoms with E-state index >= 15 is 0 Å². The fourth-order valence-corrected chi connectivity index (χ4v) is 5.33. The van der Waals surface area contributed by atoms with Crippen LogP contribution in [0.25, 0.3) is 0 Å². The van der Waals surface area contributed by atoms with E-state index in [1.165, 1.54) is 148 Å². The van der Waals surface area contributed by atoms with E-state index in [0.29, 0.717) is 13.0 Å². The first-order valence-corrected chi connectivity index (χ1v) is 18.5. The summed E-state index contributed by atoms with van der Waals surface area (Å²) in [6.07, 6.45) is 41.2. The van der Waals surface area contributed by atoms with E-state index in [9.17, 15) is 9.59 Å². The van der Waals surface area contributed by atoms with Crippen molar-refractivity contribution in [2.24, 2.45) is 0 Å². The van der Waals surface area contributed by atoms with E-state index in [0.717, 1.165) is 38.5 Å². The third kappa shape index (κ3) is 39.5. The van der Waals surface area contributed by atoms with Crippen LogP contribution in [0.15, 0.2) is 12.2 Å². The van der Waals surface area contributed by atoms with Crippen LogP contribution < -0.4 is 35.0 Å². The number of carbonyl (C=O) groups excluding carboxylic acids is 2. The van der Waals surface area contributed by atoms with Crippen molar-refractivity contribution in [2.45, 2.75) is 206 Å². The average Bonchev–Trinajstić information content (AvgIpc) is 2.99. The number of hydrogen-bond donors (Lipinski definition) is 1. The summed E-state index contributed by atoms with van der Waals surface area (Å²) in [5.74, 6) is -0.396. The molecule has 1 amide bonds. The zero-order chi connectivity index (χ0) is 30.6. The van der Waals surface area contributed by atoms with Crippen molar-refractivity contribution >= 4 is 12.1 Å². The van der Waals surface area contributed by atoms with Crippen molar-refractivity contribution < 1.29 is 50.1 Å². The van der Waals surface area contributed by atoms with Gasteiger partial charge >= 0.3 is 41.6 Å². The molecule has 0 aromatic heterocycles. The van der Waals surface area contributed by atoms with Crippen molar-refractivity contribution in [3.63, 3.8) is 0 Å².